The fourth-order valence-corrected chi connectivity index (χ4v) is 4.68. The number of ketones is 1. The molecule has 36 heavy (non-hydrogen) atoms. The fraction of sp³-hybridized carbons (Fsp3) is 0.267. The van der Waals surface area contributed by atoms with Gasteiger partial charge in [0.05, 0.1) is 11.6 Å². The van der Waals surface area contributed by atoms with Gasteiger partial charge >= 0.3 is 0 Å². The van der Waals surface area contributed by atoms with Crippen LogP contribution in [0.4, 0.5) is 0 Å². The minimum atomic E-state index is -0.729. The first-order chi connectivity index (χ1) is 17.2. The van der Waals surface area contributed by atoms with Crippen LogP contribution in [0.2, 0.25) is 0 Å². The number of hydrogen-bond donors (Lipinski definition) is 1. The second-order valence-corrected chi connectivity index (χ2v) is 10.1. The predicted octanol–water partition coefficient (Wildman–Crippen LogP) is 5.38. The number of carbonyl (C=O) groups excluding carboxylic acids is 2. The molecule has 0 aromatic heterocycles. The molecule has 0 radical (unpaired) electrons. The van der Waals surface area contributed by atoms with Crippen molar-refractivity contribution in [3.05, 3.63) is 101 Å². The van der Waals surface area contributed by atoms with Gasteiger partial charge in [0.2, 0.25) is 0 Å². The van der Waals surface area contributed by atoms with E-state index in [1.54, 1.807) is 18.2 Å². The number of fused-ring (bicyclic) bond motifs is 1. The van der Waals surface area contributed by atoms with E-state index in [0.717, 1.165) is 16.7 Å². The molecule has 3 aromatic rings. The van der Waals surface area contributed by atoms with Gasteiger partial charge in [0.25, 0.3) is 11.7 Å². The van der Waals surface area contributed by atoms with Gasteiger partial charge in [0.1, 0.15) is 19.0 Å². The van der Waals surface area contributed by atoms with Gasteiger partial charge in [0, 0.05) is 12.1 Å². The molecule has 1 fully saturated rings. The van der Waals surface area contributed by atoms with Crippen LogP contribution in [0.1, 0.15) is 49.1 Å². The Kier molecular flexibility index (Phi) is 6.04. The van der Waals surface area contributed by atoms with Gasteiger partial charge in [-0.25, -0.2) is 0 Å². The number of likely N-dealkylation sites (tertiary alicyclic amines) is 1. The van der Waals surface area contributed by atoms with E-state index in [4.69, 9.17) is 9.47 Å². The van der Waals surface area contributed by atoms with Gasteiger partial charge in [-0.15, -0.1) is 0 Å². The Morgan fingerprint density at radius 1 is 0.917 bits per heavy atom. The number of carbonyl (C=O) groups is 2. The highest BCUT2D eigenvalue weighted by molar-refractivity contribution is 6.46. The second-order valence-electron chi connectivity index (χ2n) is 10.1. The average Bonchev–Trinajstić information content (AvgIpc) is 3.13. The largest absolute Gasteiger partial charge is 0.507 e. The van der Waals surface area contributed by atoms with Crippen molar-refractivity contribution >= 4 is 17.4 Å². The average molecular weight is 484 g/mol. The predicted molar refractivity (Wildman–Crippen MR) is 137 cm³/mol. The maximum absolute atomic E-state index is 13.4. The van der Waals surface area contributed by atoms with Crippen LogP contribution in [0.25, 0.3) is 5.76 Å². The molecule has 2 aliphatic heterocycles. The number of benzene rings is 3. The zero-order valence-corrected chi connectivity index (χ0v) is 20.7. The summed E-state index contributed by atoms with van der Waals surface area (Å²) in [6, 6.07) is 21.7. The minimum Gasteiger partial charge on any atom is -0.507 e. The quantitative estimate of drug-likeness (QED) is 0.306. The molecule has 0 aliphatic carbocycles. The lowest BCUT2D eigenvalue weighted by Gasteiger charge is -2.27. The Balaban J connectivity index is 1.63. The summed E-state index contributed by atoms with van der Waals surface area (Å²) in [5, 5.41) is 11.4. The van der Waals surface area contributed by atoms with E-state index in [2.05, 4.69) is 20.8 Å². The molecule has 0 bridgehead atoms. The van der Waals surface area contributed by atoms with Crippen LogP contribution in [0, 0.1) is 0 Å². The van der Waals surface area contributed by atoms with Crippen molar-refractivity contribution in [3.8, 4) is 11.5 Å². The molecule has 0 saturated carbocycles. The third-order valence-corrected chi connectivity index (χ3v) is 6.64. The molecule has 6 heteroatoms. The highest BCUT2D eigenvalue weighted by Crippen LogP contribution is 2.42. The molecule has 1 atom stereocenters. The van der Waals surface area contributed by atoms with E-state index in [9.17, 15) is 14.7 Å². The Morgan fingerprint density at radius 3 is 2.25 bits per heavy atom. The molecule has 6 nitrogen and oxygen atoms in total. The summed E-state index contributed by atoms with van der Waals surface area (Å²) in [5.41, 5.74) is 3.21. The summed E-state index contributed by atoms with van der Waals surface area (Å²) in [5.74, 6) is -0.497. The van der Waals surface area contributed by atoms with Crippen molar-refractivity contribution in [1.29, 1.82) is 0 Å². The number of Topliss-reactive ketones (excluding diaryl/α,β-unsaturated/α-hetero) is 1. The van der Waals surface area contributed by atoms with Gasteiger partial charge in [-0.05, 0) is 40.3 Å². The van der Waals surface area contributed by atoms with Crippen LogP contribution in [-0.2, 0) is 21.5 Å². The Hall–Kier alpha value is -4.06. The van der Waals surface area contributed by atoms with E-state index < -0.39 is 17.7 Å². The topological polar surface area (TPSA) is 76.1 Å². The smallest absolute Gasteiger partial charge is 0.295 e. The molecule has 1 N–H and O–H groups in total. The monoisotopic (exact) mass is 483 g/mol. The molecule has 1 unspecified atom stereocenters. The van der Waals surface area contributed by atoms with Crippen molar-refractivity contribution in [2.24, 2.45) is 0 Å². The van der Waals surface area contributed by atoms with E-state index >= 15 is 0 Å². The molecule has 3 aromatic carbocycles. The number of nitrogens with zero attached hydrogens (tertiary/aromatic N) is 1. The van der Waals surface area contributed by atoms with Crippen molar-refractivity contribution in [2.75, 3.05) is 13.2 Å². The molecule has 1 amide bonds. The normalized spacial score (nSPS) is 19.0. The lowest BCUT2D eigenvalue weighted by Crippen LogP contribution is -2.29. The molecule has 2 heterocycles. The highest BCUT2D eigenvalue weighted by Gasteiger charge is 2.46. The maximum atomic E-state index is 13.4. The highest BCUT2D eigenvalue weighted by atomic mass is 16.6. The minimum absolute atomic E-state index is 0.0461. The zero-order chi connectivity index (χ0) is 25.4. The molecule has 1 saturated heterocycles. The standard InChI is InChI=1S/C30H29NO5/c1-30(2,3)22-12-9-20(10-13-22)26-25(27(32)21-11-14-23-24(17-21)36-16-15-35-23)28(33)29(34)31(26)18-19-7-5-4-6-8-19/h4-14,17,26,32H,15-16,18H2,1-3H3. The first-order valence-electron chi connectivity index (χ1n) is 12.1. The van der Waals surface area contributed by atoms with Crippen molar-refractivity contribution in [2.45, 2.75) is 38.8 Å². The number of rotatable bonds is 4. The molecule has 184 valence electrons. The molecule has 5 rings (SSSR count). The van der Waals surface area contributed by atoms with E-state index in [1.807, 2.05) is 54.6 Å². The van der Waals surface area contributed by atoms with Crippen LogP contribution in [-0.4, -0.2) is 34.9 Å². The van der Waals surface area contributed by atoms with Crippen LogP contribution >= 0.6 is 0 Å². The maximum Gasteiger partial charge on any atom is 0.295 e. The van der Waals surface area contributed by atoms with Crippen LogP contribution in [0.5, 0.6) is 11.5 Å². The number of hydrogen-bond acceptors (Lipinski definition) is 5. The summed E-state index contributed by atoms with van der Waals surface area (Å²) >= 11 is 0. The molecule has 0 spiro atoms. The van der Waals surface area contributed by atoms with Gasteiger partial charge in [-0.3, -0.25) is 9.59 Å². The SMILES string of the molecule is CC(C)(C)c1ccc(C2C(=C(O)c3ccc4c(c3)OCCO4)C(=O)C(=O)N2Cc2ccccc2)cc1. The summed E-state index contributed by atoms with van der Waals surface area (Å²) < 4.78 is 11.2. The van der Waals surface area contributed by atoms with Crippen LogP contribution < -0.4 is 9.47 Å². The first kappa shape index (κ1) is 23.7. The molecular weight excluding hydrogens is 454 g/mol. The number of amides is 1. The third-order valence-electron chi connectivity index (χ3n) is 6.64. The lowest BCUT2D eigenvalue weighted by atomic mass is 9.85. The van der Waals surface area contributed by atoms with E-state index in [-0.39, 0.29) is 23.3 Å². The van der Waals surface area contributed by atoms with Gasteiger partial charge in [-0.2, -0.15) is 0 Å². The summed E-state index contributed by atoms with van der Waals surface area (Å²) in [7, 11) is 0. The van der Waals surface area contributed by atoms with Crippen molar-refractivity contribution < 1.29 is 24.2 Å². The lowest BCUT2D eigenvalue weighted by molar-refractivity contribution is -0.140. The summed E-state index contributed by atoms with van der Waals surface area (Å²) in [6.45, 7) is 7.49. The number of aliphatic hydroxyl groups is 1. The Labute approximate surface area is 210 Å². The molecule has 2 aliphatic rings. The van der Waals surface area contributed by atoms with Gasteiger partial charge < -0.3 is 19.5 Å². The van der Waals surface area contributed by atoms with Gasteiger partial charge in [0.15, 0.2) is 11.5 Å². The number of ether oxygens (including phenoxy) is 2. The van der Waals surface area contributed by atoms with Crippen molar-refractivity contribution in [1.82, 2.24) is 4.90 Å². The van der Waals surface area contributed by atoms with E-state index in [0.29, 0.717) is 30.3 Å². The Bertz CT molecular complexity index is 1340. The first-order valence-corrected chi connectivity index (χ1v) is 12.1. The second kappa shape index (κ2) is 9.19. The third kappa shape index (κ3) is 4.35. The summed E-state index contributed by atoms with van der Waals surface area (Å²) in [4.78, 5) is 28.2. The van der Waals surface area contributed by atoms with Crippen LogP contribution in [0.15, 0.2) is 78.4 Å². The van der Waals surface area contributed by atoms with Gasteiger partial charge in [-0.1, -0.05) is 75.4 Å². The van der Waals surface area contributed by atoms with E-state index in [1.165, 1.54) is 4.90 Å². The Morgan fingerprint density at radius 2 is 1.58 bits per heavy atom. The van der Waals surface area contributed by atoms with Crippen LogP contribution in [0.3, 0.4) is 0 Å². The summed E-state index contributed by atoms with van der Waals surface area (Å²) in [6.07, 6.45) is 0. The zero-order valence-electron chi connectivity index (χ0n) is 20.7. The van der Waals surface area contributed by atoms with Crippen molar-refractivity contribution in [3.63, 3.8) is 0 Å². The fourth-order valence-electron chi connectivity index (χ4n) is 4.68. The molecular formula is C30H29NO5. The number of aliphatic hydroxyl groups excluding tert-OH is 1.